The number of aliphatic hydroxyl groups excluding tert-OH is 1. The maximum absolute atomic E-state index is 10.7. The summed E-state index contributed by atoms with van der Waals surface area (Å²) in [6.07, 6.45) is -3.38. The third-order valence-corrected chi connectivity index (χ3v) is 5.78. The van der Waals surface area contributed by atoms with Crippen molar-refractivity contribution < 1.29 is 24.1 Å². The maximum atomic E-state index is 10.7. The van der Waals surface area contributed by atoms with Gasteiger partial charge in [-0.15, -0.1) is 0 Å². The Kier molecular flexibility index (Phi) is 9.25. The van der Waals surface area contributed by atoms with Crippen molar-refractivity contribution in [2.45, 2.75) is 50.5 Å². The molecule has 0 bridgehead atoms. The average Bonchev–Trinajstić information content (AvgIpc) is 2.90. The molecule has 35 heavy (non-hydrogen) atoms. The molecule has 1 N–H and O–H groups in total. The molecule has 182 valence electrons. The molecule has 1 unspecified atom stereocenters. The van der Waals surface area contributed by atoms with Gasteiger partial charge in [-0.2, -0.15) is 0 Å². The number of rotatable bonds is 11. The minimum Gasteiger partial charge on any atom is -0.374 e. The van der Waals surface area contributed by atoms with Gasteiger partial charge < -0.3 is 24.1 Å². The average molecular weight is 476 g/mol. The van der Waals surface area contributed by atoms with Gasteiger partial charge in [-0.1, -0.05) is 96.1 Å². The van der Waals surface area contributed by atoms with Gasteiger partial charge in [0.2, 0.25) is 0 Å². The van der Waals surface area contributed by atoms with Crippen molar-refractivity contribution >= 4 is 0 Å². The Morgan fingerprint density at radius 1 is 0.743 bits per heavy atom. The van der Waals surface area contributed by atoms with E-state index in [4.69, 9.17) is 24.5 Å². The third kappa shape index (κ3) is 7.13. The Bertz CT molecular complexity index is 1060. The lowest BCUT2D eigenvalue weighted by Gasteiger charge is -2.43. The lowest BCUT2D eigenvalue weighted by molar-refractivity contribution is -0.273. The van der Waals surface area contributed by atoms with Crippen molar-refractivity contribution in [1.29, 1.82) is 0 Å². The molecule has 0 saturated carbocycles. The van der Waals surface area contributed by atoms with Gasteiger partial charge in [-0.3, -0.25) is 0 Å². The van der Waals surface area contributed by atoms with Gasteiger partial charge in [0.25, 0.3) is 0 Å². The highest BCUT2D eigenvalue weighted by Crippen LogP contribution is 2.29. The molecular formula is C27H29N3O5. The van der Waals surface area contributed by atoms with E-state index in [1.807, 2.05) is 91.0 Å². The van der Waals surface area contributed by atoms with Gasteiger partial charge in [-0.25, -0.2) is 0 Å². The van der Waals surface area contributed by atoms with E-state index in [0.29, 0.717) is 13.2 Å². The number of azide groups is 1. The normalized spacial score (nSPS) is 24.0. The van der Waals surface area contributed by atoms with Crippen LogP contribution in [0.1, 0.15) is 16.7 Å². The van der Waals surface area contributed by atoms with E-state index >= 15 is 0 Å². The van der Waals surface area contributed by atoms with Crippen molar-refractivity contribution in [3.63, 3.8) is 0 Å². The van der Waals surface area contributed by atoms with Gasteiger partial charge in [0.15, 0.2) is 6.29 Å². The van der Waals surface area contributed by atoms with Crippen LogP contribution in [-0.2, 0) is 38.8 Å². The second-order valence-electron chi connectivity index (χ2n) is 8.28. The Hall–Kier alpha value is -3.23. The number of hydrogen-bond acceptors (Lipinski definition) is 6. The molecule has 0 radical (unpaired) electrons. The Morgan fingerprint density at radius 2 is 1.23 bits per heavy atom. The molecule has 8 heteroatoms. The lowest BCUT2D eigenvalue weighted by Crippen LogP contribution is -2.59. The first-order chi connectivity index (χ1) is 17.2. The Morgan fingerprint density at radius 3 is 1.74 bits per heavy atom. The van der Waals surface area contributed by atoms with Crippen molar-refractivity contribution in [2.24, 2.45) is 5.11 Å². The second-order valence-corrected chi connectivity index (χ2v) is 8.28. The molecule has 1 saturated heterocycles. The minimum absolute atomic E-state index is 0.166. The van der Waals surface area contributed by atoms with E-state index in [2.05, 4.69) is 10.0 Å². The molecule has 8 nitrogen and oxygen atoms in total. The minimum atomic E-state index is -1.35. The number of hydrogen-bond donors (Lipinski definition) is 1. The molecule has 0 aliphatic carbocycles. The molecule has 0 amide bonds. The van der Waals surface area contributed by atoms with Gasteiger partial charge in [0, 0.05) is 4.91 Å². The summed E-state index contributed by atoms with van der Waals surface area (Å²) < 4.78 is 24.3. The van der Waals surface area contributed by atoms with Gasteiger partial charge >= 0.3 is 0 Å². The van der Waals surface area contributed by atoms with Gasteiger partial charge in [0.1, 0.15) is 24.4 Å². The summed E-state index contributed by atoms with van der Waals surface area (Å²) in [4.78, 5) is 2.91. The van der Waals surface area contributed by atoms with Crippen LogP contribution in [0.2, 0.25) is 0 Å². The van der Waals surface area contributed by atoms with Gasteiger partial charge in [-0.05, 0) is 22.2 Å². The van der Waals surface area contributed by atoms with E-state index in [1.165, 1.54) is 0 Å². The highest BCUT2D eigenvalue weighted by Gasteiger charge is 2.46. The molecule has 0 aromatic heterocycles. The van der Waals surface area contributed by atoms with Crippen LogP contribution in [0.25, 0.3) is 10.4 Å². The van der Waals surface area contributed by atoms with Gasteiger partial charge in [0.05, 0.1) is 26.4 Å². The summed E-state index contributed by atoms with van der Waals surface area (Å²) in [7, 11) is 0. The predicted molar refractivity (Wildman–Crippen MR) is 130 cm³/mol. The van der Waals surface area contributed by atoms with Crippen molar-refractivity contribution in [1.82, 2.24) is 0 Å². The highest BCUT2D eigenvalue weighted by molar-refractivity contribution is 5.15. The van der Waals surface area contributed by atoms with Crippen molar-refractivity contribution in [2.75, 3.05) is 6.61 Å². The van der Waals surface area contributed by atoms with Crippen LogP contribution in [0.4, 0.5) is 0 Å². The van der Waals surface area contributed by atoms with E-state index in [9.17, 15) is 5.11 Å². The van der Waals surface area contributed by atoms with Crippen molar-refractivity contribution in [3.05, 3.63) is 118 Å². The summed E-state index contributed by atoms with van der Waals surface area (Å²) in [5, 5.41) is 14.5. The van der Waals surface area contributed by atoms with E-state index < -0.39 is 30.6 Å². The standard InChI is InChI=1S/C27H29N3O5/c28-30-29-24-26(34-18-22-14-8-3-9-15-22)25(33-17-21-12-6-2-7-13-21)23(35-27(24)31)19-32-16-20-10-4-1-5-11-20/h1-15,23-27,31H,16-19H2/t23-,24+,25-,26-,27?/m1/s1. The molecule has 1 heterocycles. The molecule has 3 aromatic rings. The highest BCUT2D eigenvalue weighted by atomic mass is 16.7. The first-order valence-corrected chi connectivity index (χ1v) is 11.5. The summed E-state index contributed by atoms with van der Waals surface area (Å²) in [5.74, 6) is 0. The third-order valence-electron chi connectivity index (χ3n) is 5.78. The quantitative estimate of drug-likeness (QED) is 0.244. The lowest BCUT2D eigenvalue weighted by atomic mass is 9.96. The number of nitrogens with zero attached hydrogens (tertiary/aromatic N) is 3. The van der Waals surface area contributed by atoms with Crippen LogP contribution in [0.3, 0.4) is 0 Å². The molecule has 4 rings (SSSR count). The number of aliphatic hydroxyl groups is 1. The molecule has 1 fully saturated rings. The van der Waals surface area contributed by atoms with Crippen molar-refractivity contribution in [3.8, 4) is 0 Å². The van der Waals surface area contributed by atoms with Crippen LogP contribution in [0.15, 0.2) is 96.1 Å². The molecule has 0 spiro atoms. The zero-order chi connectivity index (χ0) is 24.3. The van der Waals surface area contributed by atoms with Crippen LogP contribution in [-0.4, -0.2) is 42.4 Å². The Labute approximate surface area is 204 Å². The summed E-state index contributed by atoms with van der Waals surface area (Å²) in [5.41, 5.74) is 12.1. The monoisotopic (exact) mass is 475 g/mol. The van der Waals surface area contributed by atoms with E-state index in [0.717, 1.165) is 16.7 Å². The van der Waals surface area contributed by atoms with E-state index in [-0.39, 0.29) is 13.2 Å². The first-order valence-electron chi connectivity index (χ1n) is 11.5. The van der Waals surface area contributed by atoms with Crippen LogP contribution in [0.5, 0.6) is 0 Å². The molecule has 1 aliphatic rings. The summed E-state index contributed by atoms with van der Waals surface area (Å²) >= 11 is 0. The molecule has 5 atom stereocenters. The largest absolute Gasteiger partial charge is 0.374 e. The molecular weight excluding hydrogens is 446 g/mol. The zero-order valence-corrected chi connectivity index (χ0v) is 19.3. The summed E-state index contributed by atoms with van der Waals surface area (Å²) in [6.45, 7) is 1.11. The second kappa shape index (κ2) is 13.0. The van der Waals surface area contributed by atoms with Crippen LogP contribution < -0.4 is 0 Å². The molecule has 1 aliphatic heterocycles. The van der Waals surface area contributed by atoms with Crippen LogP contribution >= 0.6 is 0 Å². The summed E-state index contributed by atoms with van der Waals surface area (Å²) in [6, 6.07) is 28.2. The topological polar surface area (TPSA) is 106 Å². The predicted octanol–water partition coefficient (Wildman–Crippen LogP) is 4.77. The number of benzene rings is 3. The Balaban J connectivity index is 1.52. The maximum Gasteiger partial charge on any atom is 0.166 e. The zero-order valence-electron chi connectivity index (χ0n) is 19.3. The SMILES string of the molecule is [N-]=[N+]=N[C@@H]1C(O)O[C@H](COCc2ccccc2)[C@@H](OCc2ccccc2)[C@@H]1OCc1ccccc1. The fourth-order valence-corrected chi connectivity index (χ4v) is 4.02. The van der Waals surface area contributed by atoms with E-state index in [1.54, 1.807) is 0 Å². The molecule has 3 aromatic carbocycles. The fourth-order valence-electron chi connectivity index (χ4n) is 4.02. The first kappa shape index (κ1) is 24.9. The fraction of sp³-hybridized carbons (Fsp3) is 0.333. The van der Waals surface area contributed by atoms with Crippen LogP contribution in [0, 0.1) is 0 Å². The number of ether oxygens (including phenoxy) is 4. The smallest absolute Gasteiger partial charge is 0.166 e.